The van der Waals surface area contributed by atoms with E-state index in [9.17, 15) is 29.8 Å². The Labute approximate surface area is 383 Å². The van der Waals surface area contributed by atoms with Crippen molar-refractivity contribution in [2.45, 2.75) is 128 Å². The lowest BCUT2D eigenvalue weighted by atomic mass is 9.81. The second-order valence-corrected chi connectivity index (χ2v) is 17.2. The van der Waals surface area contributed by atoms with Gasteiger partial charge in [-0.05, 0) is 88.2 Å². The van der Waals surface area contributed by atoms with E-state index in [1.807, 2.05) is 31.2 Å². The average molecular weight is 927 g/mol. The first-order chi connectivity index (χ1) is 31.6. The minimum atomic E-state index is -0.873. The van der Waals surface area contributed by atoms with Gasteiger partial charge in [0, 0.05) is 52.0 Å². The smallest absolute Gasteiger partial charge is 0.449 e. The van der Waals surface area contributed by atoms with Gasteiger partial charge in [-0.1, -0.05) is 44.0 Å². The summed E-state index contributed by atoms with van der Waals surface area (Å²) in [5, 5.41) is 19.2. The number of hydrogen-bond acceptors (Lipinski definition) is 17. The van der Waals surface area contributed by atoms with Crippen LogP contribution in [0.2, 0.25) is 0 Å². The van der Waals surface area contributed by atoms with Crippen molar-refractivity contribution in [1.29, 1.82) is 0 Å². The fraction of sp³-hybridized carbons (Fsp3) is 0.822. The molecule has 2 heterocycles. The number of hydrogen-bond donors (Lipinski definition) is 0. The van der Waals surface area contributed by atoms with Gasteiger partial charge in [-0.2, -0.15) is 0 Å². The van der Waals surface area contributed by atoms with Crippen molar-refractivity contribution in [1.82, 2.24) is 9.80 Å². The van der Waals surface area contributed by atoms with E-state index in [0.717, 1.165) is 49.9 Å². The molecule has 20 heteroatoms. The maximum absolute atomic E-state index is 13.7. The van der Waals surface area contributed by atoms with E-state index in [-0.39, 0.29) is 63.5 Å². The van der Waals surface area contributed by atoms with Crippen LogP contribution >= 0.6 is 0 Å². The van der Waals surface area contributed by atoms with Gasteiger partial charge in [0.25, 0.3) is 10.2 Å². The van der Waals surface area contributed by atoms with E-state index in [1.165, 1.54) is 4.90 Å². The molecular weight excluding hydrogens is 853 g/mol. The number of benzene rings is 1. The molecule has 7 atom stereocenters. The Morgan fingerprint density at radius 2 is 1.46 bits per heavy atom. The highest BCUT2D eigenvalue weighted by Crippen LogP contribution is 2.37. The zero-order valence-electron chi connectivity index (χ0n) is 38.8. The van der Waals surface area contributed by atoms with Crippen molar-refractivity contribution in [3.63, 3.8) is 0 Å². The van der Waals surface area contributed by atoms with E-state index in [1.54, 1.807) is 7.11 Å². The minimum Gasteiger partial charge on any atom is -0.449 e. The van der Waals surface area contributed by atoms with Gasteiger partial charge in [-0.15, -0.1) is 20.2 Å². The Kier molecular flexibility index (Phi) is 25.5. The Balaban J connectivity index is 1.48. The number of fused-ring (bicyclic) bond motifs is 1. The Hall–Kier alpha value is -4.08. The molecule has 0 aromatic heterocycles. The Morgan fingerprint density at radius 1 is 0.815 bits per heavy atom. The van der Waals surface area contributed by atoms with Gasteiger partial charge in [0.15, 0.2) is 0 Å². The van der Waals surface area contributed by atoms with E-state index < -0.39 is 40.5 Å². The van der Waals surface area contributed by atoms with Gasteiger partial charge in [0.2, 0.25) is 0 Å². The summed E-state index contributed by atoms with van der Waals surface area (Å²) in [6.45, 7) is 10.5. The molecule has 1 saturated carbocycles. The van der Waals surface area contributed by atoms with Crippen LogP contribution in [0.5, 0.6) is 0 Å². The second-order valence-electron chi connectivity index (χ2n) is 17.2. The van der Waals surface area contributed by atoms with Crippen LogP contribution in [-0.2, 0) is 54.2 Å². The molecule has 370 valence electrons. The fourth-order valence-corrected chi connectivity index (χ4v) is 8.73. The second kappa shape index (κ2) is 31.0. The SMILES string of the molecule is CCOCC(C)COCc1ccc(C2C(OCC3CCC4OCCN(CCCOC)C4C3)CN(C(=O)OCCCCCCO[N+](=O)[O-])CC2OC(=O)OCCCCCCO[N+](=O)[O-])cc1. The molecule has 1 aromatic carbocycles. The number of piperidine rings is 1. The highest BCUT2D eigenvalue weighted by molar-refractivity contribution is 5.68. The largest absolute Gasteiger partial charge is 0.508 e. The first-order valence-corrected chi connectivity index (χ1v) is 23.6. The highest BCUT2D eigenvalue weighted by atomic mass is 17.0. The normalized spacial score (nSPS) is 22.7. The first-order valence-electron chi connectivity index (χ1n) is 23.6. The Bertz CT molecular complexity index is 1510. The summed E-state index contributed by atoms with van der Waals surface area (Å²) in [7, 11) is 1.72. The lowest BCUT2D eigenvalue weighted by molar-refractivity contribution is -0.757. The molecule has 65 heavy (non-hydrogen) atoms. The number of carbonyl (C=O) groups is 2. The van der Waals surface area contributed by atoms with E-state index in [0.29, 0.717) is 97.6 Å². The summed E-state index contributed by atoms with van der Waals surface area (Å²) in [5.74, 6) is 0.0246. The van der Waals surface area contributed by atoms with Gasteiger partial charge in [0.1, 0.15) is 6.10 Å². The summed E-state index contributed by atoms with van der Waals surface area (Å²) in [4.78, 5) is 60.8. The number of ether oxygens (including phenoxy) is 8. The van der Waals surface area contributed by atoms with Crippen molar-refractivity contribution < 1.29 is 67.3 Å². The zero-order valence-corrected chi connectivity index (χ0v) is 38.8. The summed E-state index contributed by atoms with van der Waals surface area (Å²) < 4.78 is 47.3. The number of morpholine rings is 1. The lowest BCUT2D eigenvalue weighted by Gasteiger charge is -2.47. The molecule has 20 nitrogen and oxygen atoms in total. The number of likely N-dealkylation sites (tertiary alicyclic amines) is 1. The van der Waals surface area contributed by atoms with Crippen LogP contribution in [0.15, 0.2) is 24.3 Å². The van der Waals surface area contributed by atoms with Crippen molar-refractivity contribution in [3.8, 4) is 0 Å². The molecule has 0 N–H and O–H groups in total. The lowest BCUT2D eigenvalue weighted by Crippen LogP contribution is -2.56. The van der Waals surface area contributed by atoms with Crippen LogP contribution in [0.4, 0.5) is 9.59 Å². The van der Waals surface area contributed by atoms with Crippen LogP contribution in [0, 0.1) is 32.1 Å². The molecule has 7 unspecified atom stereocenters. The number of carbonyl (C=O) groups excluding carboxylic acids is 2. The van der Waals surface area contributed by atoms with E-state index in [2.05, 4.69) is 21.5 Å². The number of rotatable bonds is 32. The minimum absolute atomic E-state index is 0.00778. The van der Waals surface area contributed by atoms with Crippen molar-refractivity contribution in [2.24, 2.45) is 11.8 Å². The van der Waals surface area contributed by atoms with Gasteiger partial charge >= 0.3 is 12.2 Å². The van der Waals surface area contributed by atoms with Crippen molar-refractivity contribution >= 4 is 12.2 Å². The number of amides is 1. The average Bonchev–Trinajstić information content (AvgIpc) is 3.29. The standard InChI is InChI=1S/C45H74N4O16/c1-4-57-31-35(2)32-58-33-36-14-17-38(18-15-36)43-41(62-34-37-16-19-40-39(28-37)46(21-27-59-40)20-13-22-56-3)29-47(44(50)60-23-9-5-7-11-25-63-48(52)53)30-42(43)65-45(51)61-24-10-6-8-12-26-64-49(54)55/h14-15,17-18,35,37,39-43H,4-13,16,19-34H2,1-3H3. The molecule has 2 saturated heterocycles. The third-order valence-corrected chi connectivity index (χ3v) is 12.0. The van der Waals surface area contributed by atoms with Crippen LogP contribution in [-0.4, -0.2) is 156 Å². The van der Waals surface area contributed by atoms with Crippen molar-refractivity contribution in [3.05, 3.63) is 55.6 Å². The number of unbranched alkanes of at least 4 members (excludes halogenated alkanes) is 6. The van der Waals surface area contributed by atoms with Gasteiger partial charge < -0.3 is 52.5 Å². The predicted octanol–water partition coefficient (Wildman–Crippen LogP) is 6.76. The summed E-state index contributed by atoms with van der Waals surface area (Å²) in [5.41, 5.74) is 1.85. The summed E-state index contributed by atoms with van der Waals surface area (Å²) in [6, 6.07) is 8.27. The predicted molar refractivity (Wildman–Crippen MR) is 235 cm³/mol. The van der Waals surface area contributed by atoms with Crippen LogP contribution in [0.1, 0.15) is 108 Å². The fourth-order valence-electron chi connectivity index (χ4n) is 8.73. The molecule has 1 amide bonds. The third-order valence-electron chi connectivity index (χ3n) is 12.0. The molecule has 1 aliphatic carbocycles. The molecule has 0 bridgehead atoms. The maximum Gasteiger partial charge on any atom is 0.508 e. The third kappa shape index (κ3) is 20.5. The van der Waals surface area contributed by atoms with Gasteiger partial charge in [-0.25, -0.2) is 9.59 Å². The summed E-state index contributed by atoms with van der Waals surface area (Å²) >= 11 is 0. The Morgan fingerprint density at radius 3 is 2.12 bits per heavy atom. The quantitative estimate of drug-likeness (QED) is 0.0315. The maximum atomic E-state index is 13.7. The first kappa shape index (κ1) is 53.5. The summed E-state index contributed by atoms with van der Waals surface area (Å²) in [6.07, 6.45) is 5.83. The van der Waals surface area contributed by atoms with Crippen LogP contribution in [0.3, 0.4) is 0 Å². The number of nitrogens with zero attached hydrogens (tertiary/aromatic N) is 4. The topological polar surface area (TPSA) is 219 Å². The molecule has 3 aliphatic rings. The monoisotopic (exact) mass is 927 g/mol. The van der Waals surface area contributed by atoms with Gasteiger partial charge in [-0.3, -0.25) is 4.90 Å². The van der Waals surface area contributed by atoms with E-state index >= 15 is 0 Å². The van der Waals surface area contributed by atoms with Crippen molar-refractivity contribution in [2.75, 3.05) is 99.4 Å². The molecular formula is C45H74N4O16. The molecule has 0 radical (unpaired) electrons. The van der Waals surface area contributed by atoms with E-state index in [4.69, 9.17) is 37.9 Å². The molecule has 4 rings (SSSR count). The molecule has 3 fully saturated rings. The number of methoxy groups -OCH3 is 1. The van der Waals surface area contributed by atoms with Crippen LogP contribution < -0.4 is 0 Å². The van der Waals surface area contributed by atoms with Crippen LogP contribution in [0.25, 0.3) is 0 Å². The molecule has 2 aliphatic heterocycles. The molecule has 1 aromatic rings. The highest BCUT2D eigenvalue weighted by Gasteiger charge is 2.44. The van der Waals surface area contributed by atoms with Gasteiger partial charge in [0.05, 0.1) is 84.1 Å². The molecule has 0 spiro atoms. The zero-order chi connectivity index (χ0) is 46.7.